The first-order valence-electron chi connectivity index (χ1n) is 9.90. The van der Waals surface area contributed by atoms with Crippen LogP contribution in [0.1, 0.15) is 46.0 Å². The Morgan fingerprint density at radius 3 is 2.62 bits per heavy atom. The number of thioether (sulfide) groups is 1. The molecule has 156 valence electrons. The predicted octanol–water partition coefficient (Wildman–Crippen LogP) is 3.77. The molecule has 1 aliphatic rings. The Bertz CT molecular complexity index is 818. The summed E-state index contributed by atoms with van der Waals surface area (Å²) in [6.45, 7) is 4.21. The van der Waals surface area contributed by atoms with E-state index in [0.29, 0.717) is 12.5 Å². The van der Waals surface area contributed by atoms with Crippen molar-refractivity contribution >= 4 is 23.7 Å². The second kappa shape index (κ2) is 10.3. The molecule has 3 rings (SSSR count). The van der Waals surface area contributed by atoms with Crippen LogP contribution in [0.15, 0.2) is 33.9 Å². The maximum atomic E-state index is 12.3. The summed E-state index contributed by atoms with van der Waals surface area (Å²) in [5.41, 5.74) is 0.761. The van der Waals surface area contributed by atoms with Crippen molar-refractivity contribution in [1.82, 2.24) is 20.8 Å². The third-order valence-electron chi connectivity index (χ3n) is 4.64. The molecule has 0 saturated heterocycles. The highest BCUT2D eigenvalue weighted by atomic mass is 32.2. The normalized spacial score (nSPS) is 15.5. The number of aromatic nitrogens is 2. The molecule has 1 aromatic carbocycles. The standard InChI is InChI=1S/C20H26N4O4S/c1-3-27-16-11-9-14(10-12-16)18-23-24-20(28-18)29-13(2)17(25)22-19(26)21-15-7-5-4-6-8-15/h9-13,15H,3-8H2,1-2H3,(H2,21,22,25,26)/t13-/m1/s1. The molecular weight excluding hydrogens is 392 g/mol. The second-order valence-electron chi connectivity index (χ2n) is 6.89. The number of rotatable bonds is 7. The van der Waals surface area contributed by atoms with Crippen LogP contribution < -0.4 is 15.4 Å². The molecule has 29 heavy (non-hydrogen) atoms. The number of hydrogen-bond donors (Lipinski definition) is 2. The monoisotopic (exact) mass is 418 g/mol. The summed E-state index contributed by atoms with van der Waals surface area (Å²) in [5, 5.41) is 13.0. The van der Waals surface area contributed by atoms with E-state index in [2.05, 4.69) is 20.8 Å². The SMILES string of the molecule is CCOc1ccc(-c2nnc(S[C@H](C)C(=O)NC(=O)NC3CCCCC3)o2)cc1. The van der Waals surface area contributed by atoms with Crippen molar-refractivity contribution in [3.8, 4) is 17.2 Å². The summed E-state index contributed by atoms with van der Waals surface area (Å²) in [4.78, 5) is 24.3. The molecule has 1 atom stereocenters. The minimum absolute atomic E-state index is 0.145. The first-order valence-corrected chi connectivity index (χ1v) is 10.8. The van der Waals surface area contributed by atoms with E-state index in [-0.39, 0.29) is 11.3 Å². The summed E-state index contributed by atoms with van der Waals surface area (Å²) in [6.07, 6.45) is 5.34. The molecule has 0 radical (unpaired) electrons. The van der Waals surface area contributed by atoms with E-state index in [1.807, 2.05) is 31.2 Å². The highest BCUT2D eigenvalue weighted by molar-refractivity contribution is 8.00. The molecular formula is C20H26N4O4S. The van der Waals surface area contributed by atoms with Crippen LogP contribution in [-0.2, 0) is 4.79 Å². The minimum Gasteiger partial charge on any atom is -0.494 e. The van der Waals surface area contributed by atoms with Crippen LogP contribution in [-0.4, -0.2) is 40.0 Å². The molecule has 1 aromatic heterocycles. The van der Waals surface area contributed by atoms with Gasteiger partial charge in [-0.25, -0.2) is 4.79 Å². The molecule has 1 heterocycles. The Morgan fingerprint density at radius 2 is 1.93 bits per heavy atom. The first kappa shape index (κ1) is 21.2. The molecule has 0 unspecified atom stereocenters. The zero-order chi connectivity index (χ0) is 20.6. The van der Waals surface area contributed by atoms with Gasteiger partial charge in [0.15, 0.2) is 0 Å². The zero-order valence-corrected chi connectivity index (χ0v) is 17.5. The lowest BCUT2D eigenvalue weighted by atomic mass is 9.96. The van der Waals surface area contributed by atoms with Gasteiger partial charge in [0.25, 0.3) is 5.22 Å². The average Bonchev–Trinajstić information content (AvgIpc) is 3.18. The summed E-state index contributed by atoms with van der Waals surface area (Å²) < 4.78 is 11.0. The molecule has 1 aliphatic carbocycles. The van der Waals surface area contributed by atoms with Crippen LogP contribution in [0.3, 0.4) is 0 Å². The number of carbonyl (C=O) groups excluding carboxylic acids is 2. The predicted molar refractivity (Wildman–Crippen MR) is 110 cm³/mol. The third-order valence-corrected chi connectivity index (χ3v) is 5.58. The largest absolute Gasteiger partial charge is 0.494 e. The van der Waals surface area contributed by atoms with Crippen LogP contribution in [0.25, 0.3) is 11.5 Å². The quantitative estimate of drug-likeness (QED) is 0.659. The van der Waals surface area contributed by atoms with Crippen LogP contribution in [0.5, 0.6) is 5.75 Å². The fourth-order valence-corrected chi connectivity index (χ4v) is 3.80. The topological polar surface area (TPSA) is 106 Å². The second-order valence-corrected chi connectivity index (χ2v) is 8.18. The number of nitrogens with one attached hydrogen (secondary N) is 2. The Kier molecular flexibility index (Phi) is 7.51. The molecule has 3 amide bonds. The number of nitrogens with zero attached hydrogens (tertiary/aromatic N) is 2. The molecule has 0 spiro atoms. The van der Waals surface area contributed by atoms with Gasteiger partial charge in [-0.05, 0) is 51.0 Å². The lowest BCUT2D eigenvalue weighted by Gasteiger charge is -2.22. The van der Waals surface area contributed by atoms with Crippen molar-refractivity contribution in [3.05, 3.63) is 24.3 Å². The van der Waals surface area contributed by atoms with E-state index in [0.717, 1.165) is 48.8 Å². The van der Waals surface area contributed by atoms with Crippen molar-refractivity contribution in [1.29, 1.82) is 0 Å². The van der Waals surface area contributed by atoms with Crippen molar-refractivity contribution in [2.24, 2.45) is 0 Å². The van der Waals surface area contributed by atoms with Gasteiger partial charge in [-0.1, -0.05) is 31.0 Å². The van der Waals surface area contributed by atoms with Crippen molar-refractivity contribution in [2.45, 2.75) is 62.5 Å². The van der Waals surface area contributed by atoms with E-state index in [4.69, 9.17) is 9.15 Å². The molecule has 2 aromatic rings. The Balaban J connectivity index is 1.50. The van der Waals surface area contributed by atoms with Gasteiger partial charge < -0.3 is 14.5 Å². The van der Waals surface area contributed by atoms with E-state index in [1.165, 1.54) is 6.42 Å². The van der Waals surface area contributed by atoms with Gasteiger partial charge in [-0.15, -0.1) is 10.2 Å². The number of hydrogen-bond acceptors (Lipinski definition) is 7. The number of benzene rings is 1. The molecule has 1 fully saturated rings. The molecule has 0 bridgehead atoms. The fourth-order valence-electron chi connectivity index (χ4n) is 3.12. The van der Waals surface area contributed by atoms with Gasteiger partial charge in [0.05, 0.1) is 11.9 Å². The highest BCUT2D eigenvalue weighted by Gasteiger charge is 2.22. The number of urea groups is 1. The summed E-state index contributed by atoms with van der Waals surface area (Å²) in [6, 6.07) is 7.02. The van der Waals surface area contributed by atoms with Crippen LogP contribution in [0.2, 0.25) is 0 Å². The summed E-state index contributed by atoms with van der Waals surface area (Å²) in [7, 11) is 0. The number of imide groups is 1. The van der Waals surface area contributed by atoms with Gasteiger partial charge in [-0.2, -0.15) is 0 Å². The highest BCUT2D eigenvalue weighted by Crippen LogP contribution is 2.27. The van der Waals surface area contributed by atoms with Gasteiger partial charge in [-0.3, -0.25) is 10.1 Å². The maximum Gasteiger partial charge on any atom is 0.321 e. The van der Waals surface area contributed by atoms with Gasteiger partial charge in [0.2, 0.25) is 11.8 Å². The fraction of sp³-hybridized carbons (Fsp3) is 0.500. The number of ether oxygens (including phenoxy) is 1. The Labute approximate surface area is 174 Å². The lowest BCUT2D eigenvalue weighted by molar-refractivity contribution is -0.119. The van der Waals surface area contributed by atoms with E-state index >= 15 is 0 Å². The molecule has 8 nitrogen and oxygen atoms in total. The van der Waals surface area contributed by atoms with E-state index in [1.54, 1.807) is 6.92 Å². The van der Waals surface area contributed by atoms with Crippen molar-refractivity contribution < 1.29 is 18.7 Å². The first-order chi connectivity index (χ1) is 14.0. The molecule has 1 saturated carbocycles. The molecule has 9 heteroatoms. The Morgan fingerprint density at radius 1 is 1.21 bits per heavy atom. The van der Waals surface area contributed by atoms with Crippen molar-refractivity contribution in [2.75, 3.05) is 6.61 Å². The number of amides is 3. The van der Waals surface area contributed by atoms with Crippen molar-refractivity contribution in [3.63, 3.8) is 0 Å². The zero-order valence-electron chi connectivity index (χ0n) is 16.6. The molecule has 0 aliphatic heterocycles. The molecule has 2 N–H and O–H groups in total. The summed E-state index contributed by atoms with van der Waals surface area (Å²) in [5.74, 6) is 0.726. The Hall–Kier alpha value is -2.55. The average molecular weight is 419 g/mol. The maximum absolute atomic E-state index is 12.3. The van der Waals surface area contributed by atoms with Crippen LogP contribution in [0.4, 0.5) is 4.79 Å². The third kappa shape index (κ3) is 6.22. The van der Waals surface area contributed by atoms with Crippen LogP contribution >= 0.6 is 11.8 Å². The number of carbonyl (C=O) groups is 2. The van der Waals surface area contributed by atoms with Gasteiger partial charge >= 0.3 is 6.03 Å². The minimum atomic E-state index is -0.555. The van der Waals surface area contributed by atoms with Gasteiger partial charge in [0.1, 0.15) is 5.75 Å². The van der Waals surface area contributed by atoms with E-state index < -0.39 is 17.2 Å². The summed E-state index contributed by atoms with van der Waals surface area (Å²) >= 11 is 1.11. The van der Waals surface area contributed by atoms with Crippen LogP contribution in [0, 0.1) is 0 Å². The van der Waals surface area contributed by atoms with Gasteiger partial charge in [0, 0.05) is 11.6 Å². The lowest BCUT2D eigenvalue weighted by Crippen LogP contribution is -2.47. The smallest absolute Gasteiger partial charge is 0.321 e. The van der Waals surface area contributed by atoms with E-state index in [9.17, 15) is 9.59 Å².